The van der Waals surface area contributed by atoms with Gasteiger partial charge in [0.1, 0.15) is 4.88 Å². The van der Waals surface area contributed by atoms with Gasteiger partial charge in [0.05, 0.1) is 31.9 Å². The van der Waals surface area contributed by atoms with Crippen LogP contribution in [-0.4, -0.2) is 56.1 Å². The Kier molecular flexibility index (Phi) is 6.74. The molecule has 132 valence electrons. The fraction of sp³-hybridized carbons (Fsp3) is 0.562. The highest BCUT2D eigenvalue weighted by Crippen LogP contribution is 2.23. The Morgan fingerprint density at radius 3 is 2.92 bits per heavy atom. The average Bonchev–Trinajstić information content (AvgIpc) is 3.02. The Labute approximate surface area is 144 Å². The fourth-order valence-corrected chi connectivity index (χ4v) is 3.47. The lowest BCUT2D eigenvalue weighted by Crippen LogP contribution is -2.43. The molecule has 0 saturated carbocycles. The number of carbonyl (C=O) groups is 3. The van der Waals surface area contributed by atoms with Crippen molar-refractivity contribution in [3.05, 3.63) is 16.3 Å². The molecule has 1 aliphatic heterocycles. The van der Waals surface area contributed by atoms with Crippen molar-refractivity contribution in [1.29, 1.82) is 0 Å². The molecule has 1 aliphatic rings. The van der Waals surface area contributed by atoms with Crippen LogP contribution in [0.3, 0.4) is 0 Å². The molecule has 0 bridgehead atoms. The van der Waals surface area contributed by atoms with E-state index in [1.54, 1.807) is 18.4 Å². The highest BCUT2D eigenvalue weighted by atomic mass is 32.1. The van der Waals surface area contributed by atoms with Gasteiger partial charge in [-0.05, 0) is 37.8 Å². The summed E-state index contributed by atoms with van der Waals surface area (Å²) in [7, 11) is 1.30. The number of anilines is 1. The molecule has 0 aromatic carbocycles. The minimum absolute atomic E-state index is 0.173. The van der Waals surface area contributed by atoms with Crippen LogP contribution in [0.2, 0.25) is 0 Å². The summed E-state index contributed by atoms with van der Waals surface area (Å²) in [4.78, 5) is 38.0. The van der Waals surface area contributed by atoms with Gasteiger partial charge in [0.2, 0.25) is 5.91 Å². The average molecular weight is 354 g/mol. The van der Waals surface area contributed by atoms with Gasteiger partial charge in [0.15, 0.2) is 0 Å². The molecule has 1 amide bonds. The number of methoxy groups -OCH3 is 1. The number of hydrogen-bond acceptors (Lipinski definition) is 7. The Morgan fingerprint density at radius 2 is 2.21 bits per heavy atom. The summed E-state index contributed by atoms with van der Waals surface area (Å²) in [5, 5.41) is 4.46. The first-order chi connectivity index (χ1) is 11.5. The molecule has 1 aromatic heterocycles. The first-order valence-corrected chi connectivity index (χ1v) is 8.77. The van der Waals surface area contributed by atoms with Crippen molar-refractivity contribution in [3.63, 3.8) is 0 Å². The molecule has 2 rings (SSSR count). The molecule has 24 heavy (non-hydrogen) atoms. The third kappa shape index (κ3) is 4.78. The van der Waals surface area contributed by atoms with Gasteiger partial charge in [-0.1, -0.05) is 0 Å². The van der Waals surface area contributed by atoms with E-state index in [1.807, 2.05) is 4.90 Å². The van der Waals surface area contributed by atoms with Gasteiger partial charge in [-0.15, -0.1) is 11.3 Å². The minimum atomic E-state index is -0.472. The van der Waals surface area contributed by atoms with Gasteiger partial charge in [0, 0.05) is 6.54 Å². The minimum Gasteiger partial charge on any atom is -0.466 e. The summed E-state index contributed by atoms with van der Waals surface area (Å²) < 4.78 is 9.75. The van der Waals surface area contributed by atoms with Crippen LogP contribution in [0.25, 0.3) is 0 Å². The van der Waals surface area contributed by atoms with Crippen LogP contribution in [0.1, 0.15) is 29.4 Å². The van der Waals surface area contributed by atoms with Crippen LogP contribution in [0.5, 0.6) is 0 Å². The number of hydrogen-bond donors (Lipinski definition) is 1. The maximum atomic E-state index is 12.2. The smallest absolute Gasteiger partial charge is 0.350 e. The number of rotatable bonds is 6. The number of nitrogens with zero attached hydrogens (tertiary/aromatic N) is 1. The zero-order chi connectivity index (χ0) is 17.5. The van der Waals surface area contributed by atoms with Crippen molar-refractivity contribution in [2.24, 2.45) is 5.92 Å². The van der Waals surface area contributed by atoms with Crippen LogP contribution in [0, 0.1) is 5.92 Å². The van der Waals surface area contributed by atoms with E-state index in [0.29, 0.717) is 23.7 Å². The predicted octanol–water partition coefficient (Wildman–Crippen LogP) is 1.75. The van der Waals surface area contributed by atoms with Gasteiger partial charge in [-0.25, -0.2) is 4.79 Å². The quantitative estimate of drug-likeness (QED) is 0.784. The normalized spacial score (nSPS) is 18.0. The largest absolute Gasteiger partial charge is 0.466 e. The molecule has 7 nitrogen and oxygen atoms in total. The second-order valence-electron chi connectivity index (χ2n) is 5.53. The number of thiophene rings is 1. The number of ether oxygens (including phenoxy) is 2. The van der Waals surface area contributed by atoms with Crippen molar-refractivity contribution in [2.75, 3.05) is 38.7 Å². The Bertz CT molecular complexity index is 601. The molecular weight excluding hydrogens is 332 g/mol. The van der Waals surface area contributed by atoms with Gasteiger partial charge < -0.3 is 14.8 Å². The summed E-state index contributed by atoms with van der Waals surface area (Å²) in [5.41, 5.74) is 0.454. The standard InChI is InChI=1S/C16H22N2O5S/c1-3-23-15(20)11-5-4-7-18(9-11)10-13(19)17-12-6-8-24-14(12)16(21)22-2/h6,8,11H,3-5,7,9-10H2,1-2H3,(H,17,19)/t11-/m1/s1. The molecule has 1 saturated heterocycles. The van der Waals surface area contributed by atoms with Crippen LogP contribution in [0.15, 0.2) is 11.4 Å². The highest BCUT2D eigenvalue weighted by Gasteiger charge is 2.28. The predicted molar refractivity (Wildman–Crippen MR) is 90.1 cm³/mol. The van der Waals surface area contributed by atoms with E-state index in [2.05, 4.69) is 10.1 Å². The summed E-state index contributed by atoms with van der Waals surface area (Å²) in [6.07, 6.45) is 1.64. The van der Waals surface area contributed by atoms with Crippen LogP contribution in [0.4, 0.5) is 5.69 Å². The van der Waals surface area contributed by atoms with E-state index in [9.17, 15) is 14.4 Å². The molecule has 0 unspecified atom stereocenters. The second-order valence-corrected chi connectivity index (χ2v) is 6.45. The maximum absolute atomic E-state index is 12.2. The van der Waals surface area contributed by atoms with Gasteiger partial charge in [-0.2, -0.15) is 0 Å². The van der Waals surface area contributed by atoms with Gasteiger partial charge >= 0.3 is 11.9 Å². The zero-order valence-electron chi connectivity index (χ0n) is 13.9. The Balaban J connectivity index is 1.89. The lowest BCUT2D eigenvalue weighted by Gasteiger charge is -2.30. The SMILES string of the molecule is CCOC(=O)[C@@H]1CCCN(CC(=O)Nc2ccsc2C(=O)OC)C1. The molecular formula is C16H22N2O5S. The molecule has 1 aromatic rings. The molecule has 1 fully saturated rings. The van der Waals surface area contributed by atoms with Gasteiger partial charge in [-0.3, -0.25) is 14.5 Å². The molecule has 8 heteroatoms. The Morgan fingerprint density at radius 1 is 1.42 bits per heavy atom. The third-order valence-corrected chi connectivity index (χ3v) is 4.70. The number of piperidine rings is 1. The second kappa shape index (κ2) is 8.79. The molecule has 0 aliphatic carbocycles. The summed E-state index contributed by atoms with van der Waals surface area (Å²) in [5.74, 6) is -1.07. The number of esters is 2. The number of likely N-dealkylation sites (tertiary alicyclic amines) is 1. The van der Waals surface area contributed by atoms with Crippen molar-refractivity contribution < 1.29 is 23.9 Å². The summed E-state index contributed by atoms with van der Waals surface area (Å²) >= 11 is 1.22. The number of nitrogens with one attached hydrogen (secondary N) is 1. The van der Waals surface area contributed by atoms with E-state index in [4.69, 9.17) is 4.74 Å². The number of amides is 1. The lowest BCUT2D eigenvalue weighted by molar-refractivity contribution is -0.150. The first kappa shape index (κ1) is 18.4. The molecule has 0 radical (unpaired) electrons. The van der Waals surface area contributed by atoms with Crippen molar-refractivity contribution in [1.82, 2.24) is 4.90 Å². The van der Waals surface area contributed by atoms with Crippen LogP contribution >= 0.6 is 11.3 Å². The molecule has 0 spiro atoms. The first-order valence-electron chi connectivity index (χ1n) is 7.89. The van der Waals surface area contributed by atoms with Gasteiger partial charge in [0.25, 0.3) is 0 Å². The van der Waals surface area contributed by atoms with E-state index in [-0.39, 0.29) is 24.3 Å². The third-order valence-electron chi connectivity index (χ3n) is 3.80. The Hall–Kier alpha value is -1.93. The fourth-order valence-electron chi connectivity index (χ4n) is 2.70. The highest BCUT2D eigenvalue weighted by molar-refractivity contribution is 7.12. The number of carbonyl (C=O) groups excluding carboxylic acids is 3. The summed E-state index contributed by atoms with van der Waals surface area (Å²) in [6.45, 7) is 3.60. The molecule has 1 N–H and O–H groups in total. The van der Waals surface area contributed by atoms with Crippen LogP contribution in [-0.2, 0) is 19.1 Å². The van der Waals surface area contributed by atoms with E-state index < -0.39 is 5.97 Å². The van der Waals surface area contributed by atoms with Crippen molar-refractivity contribution >= 4 is 34.9 Å². The summed E-state index contributed by atoms with van der Waals surface area (Å²) in [6, 6.07) is 1.67. The van der Waals surface area contributed by atoms with E-state index >= 15 is 0 Å². The monoisotopic (exact) mass is 354 g/mol. The lowest BCUT2D eigenvalue weighted by atomic mass is 9.98. The zero-order valence-corrected chi connectivity index (χ0v) is 14.7. The van der Waals surface area contributed by atoms with Crippen molar-refractivity contribution in [3.8, 4) is 0 Å². The van der Waals surface area contributed by atoms with E-state index in [0.717, 1.165) is 19.4 Å². The molecule has 2 heterocycles. The maximum Gasteiger partial charge on any atom is 0.350 e. The topological polar surface area (TPSA) is 84.9 Å². The van der Waals surface area contributed by atoms with Crippen LogP contribution < -0.4 is 5.32 Å². The van der Waals surface area contributed by atoms with Crippen molar-refractivity contribution in [2.45, 2.75) is 19.8 Å². The molecule has 1 atom stereocenters. The van der Waals surface area contributed by atoms with E-state index in [1.165, 1.54) is 18.4 Å².